The van der Waals surface area contributed by atoms with Crippen molar-refractivity contribution in [2.24, 2.45) is 0 Å². The van der Waals surface area contributed by atoms with Crippen molar-refractivity contribution in [3.05, 3.63) is 42.1 Å². The third kappa shape index (κ3) is 3.51. The Labute approximate surface area is 112 Å². The summed E-state index contributed by atoms with van der Waals surface area (Å²) in [6.07, 6.45) is 2.17. The van der Waals surface area contributed by atoms with Crippen LogP contribution in [0.3, 0.4) is 0 Å². The standard InChI is InChI=1S/C15H18N2O2/c1-11(9-14(18)19-2)17-10-13-6-3-5-12-7-4-8-16-15(12)13/h3-8,11,17H,9-10H2,1-2H3. The molecule has 2 rings (SSSR count). The van der Waals surface area contributed by atoms with Crippen LogP contribution in [0.2, 0.25) is 0 Å². The van der Waals surface area contributed by atoms with Crippen LogP contribution in [0.15, 0.2) is 36.5 Å². The maximum Gasteiger partial charge on any atom is 0.307 e. The molecule has 0 bridgehead atoms. The average molecular weight is 258 g/mol. The Morgan fingerprint density at radius 3 is 2.95 bits per heavy atom. The molecule has 2 aromatic rings. The fraction of sp³-hybridized carbons (Fsp3) is 0.333. The first kappa shape index (κ1) is 13.5. The Hall–Kier alpha value is -1.94. The zero-order valence-corrected chi connectivity index (χ0v) is 11.2. The van der Waals surface area contributed by atoms with Crippen LogP contribution in [0.5, 0.6) is 0 Å². The minimum absolute atomic E-state index is 0.0754. The van der Waals surface area contributed by atoms with Crippen LogP contribution in [0, 0.1) is 0 Å². The third-order valence-electron chi connectivity index (χ3n) is 3.06. The second-order valence-electron chi connectivity index (χ2n) is 4.55. The van der Waals surface area contributed by atoms with Crippen molar-refractivity contribution in [1.82, 2.24) is 10.3 Å². The van der Waals surface area contributed by atoms with Gasteiger partial charge < -0.3 is 10.1 Å². The minimum atomic E-state index is -0.198. The third-order valence-corrected chi connectivity index (χ3v) is 3.06. The number of carbonyl (C=O) groups is 1. The summed E-state index contributed by atoms with van der Waals surface area (Å²) in [5.41, 5.74) is 2.14. The highest BCUT2D eigenvalue weighted by molar-refractivity contribution is 5.81. The topological polar surface area (TPSA) is 51.2 Å². The SMILES string of the molecule is COC(=O)CC(C)NCc1cccc2cccnc12. The van der Waals surface area contributed by atoms with E-state index in [9.17, 15) is 4.79 Å². The van der Waals surface area contributed by atoms with Crippen molar-refractivity contribution in [2.75, 3.05) is 7.11 Å². The van der Waals surface area contributed by atoms with Gasteiger partial charge in [-0.3, -0.25) is 9.78 Å². The zero-order chi connectivity index (χ0) is 13.7. The number of nitrogens with zero attached hydrogens (tertiary/aromatic N) is 1. The molecule has 1 N–H and O–H groups in total. The van der Waals surface area contributed by atoms with E-state index >= 15 is 0 Å². The van der Waals surface area contributed by atoms with Gasteiger partial charge in [0.05, 0.1) is 19.0 Å². The summed E-state index contributed by atoms with van der Waals surface area (Å²) in [5, 5.41) is 4.44. The summed E-state index contributed by atoms with van der Waals surface area (Å²) in [6, 6.07) is 10.2. The van der Waals surface area contributed by atoms with E-state index in [1.807, 2.05) is 37.3 Å². The van der Waals surface area contributed by atoms with E-state index in [0.29, 0.717) is 13.0 Å². The lowest BCUT2D eigenvalue weighted by Gasteiger charge is -2.13. The molecule has 1 atom stereocenters. The lowest BCUT2D eigenvalue weighted by Crippen LogP contribution is -2.28. The summed E-state index contributed by atoms with van der Waals surface area (Å²) in [6.45, 7) is 2.65. The molecule has 4 heteroatoms. The van der Waals surface area contributed by atoms with Crippen molar-refractivity contribution < 1.29 is 9.53 Å². The van der Waals surface area contributed by atoms with E-state index < -0.39 is 0 Å². The smallest absolute Gasteiger partial charge is 0.307 e. The first-order valence-corrected chi connectivity index (χ1v) is 6.33. The Morgan fingerprint density at radius 1 is 1.37 bits per heavy atom. The molecule has 1 unspecified atom stereocenters. The van der Waals surface area contributed by atoms with Gasteiger partial charge in [0.1, 0.15) is 0 Å². The van der Waals surface area contributed by atoms with Gasteiger partial charge in [-0.15, -0.1) is 0 Å². The molecule has 100 valence electrons. The number of carbonyl (C=O) groups excluding carboxylic acids is 1. The number of aromatic nitrogens is 1. The molecule has 0 saturated heterocycles. The summed E-state index contributed by atoms with van der Waals surface area (Å²) >= 11 is 0. The monoisotopic (exact) mass is 258 g/mol. The molecule has 19 heavy (non-hydrogen) atoms. The summed E-state index contributed by atoms with van der Waals surface area (Å²) < 4.78 is 4.65. The van der Waals surface area contributed by atoms with E-state index in [1.165, 1.54) is 7.11 Å². The van der Waals surface area contributed by atoms with Crippen molar-refractivity contribution >= 4 is 16.9 Å². The number of hydrogen-bond acceptors (Lipinski definition) is 4. The quantitative estimate of drug-likeness (QED) is 0.836. The molecule has 0 aliphatic carbocycles. The summed E-state index contributed by atoms with van der Waals surface area (Å²) in [7, 11) is 1.41. The van der Waals surface area contributed by atoms with Gasteiger partial charge in [-0.25, -0.2) is 0 Å². The fourth-order valence-electron chi connectivity index (χ4n) is 2.00. The van der Waals surface area contributed by atoms with Gasteiger partial charge in [0, 0.05) is 24.2 Å². The highest BCUT2D eigenvalue weighted by Crippen LogP contribution is 2.15. The Bertz CT molecular complexity index is 564. The highest BCUT2D eigenvalue weighted by atomic mass is 16.5. The number of para-hydroxylation sites is 1. The molecule has 0 fully saturated rings. The van der Waals surface area contributed by atoms with Crippen molar-refractivity contribution in [1.29, 1.82) is 0 Å². The molecule has 0 spiro atoms. The fourth-order valence-corrected chi connectivity index (χ4v) is 2.00. The number of nitrogens with one attached hydrogen (secondary N) is 1. The van der Waals surface area contributed by atoms with Crippen LogP contribution in [0.4, 0.5) is 0 Å². The van der Waals surface area contributed by atoms with Gasteiger partial charge in [0.25, 0.3) is 0 Å². The van der Waals surface area contributed by atoms with Crippen molar-refractivity contribution in [3.8, 4) is 0 Å². The summed E-state index contributed by atoms with van der Waals surface area (Å²) in [5.74, 6) is -0.198. The van der Waals surface area contributed by atoms with Gasteiger partial charge in [-0.2, -0.15) is 0 Å². The second kappa shape index (κ2) is 6.29. The lowest BCUT2D eigenvalue weighted by atomic mass is 10.1. The Morgan fingerprint density at radius 2 is 2.16 bits per heavy atom. The van der Waals surface area contributed by atoms with Crippen LogP contribution in [-0.2, 0) is 16.1 Å². The van der Waals surface area contributed by atoms with Crippen LogP contribution in [0.25, 0.3) is 10.9 Å². The van der Waals surface area contributed by atoms with E-state index in [-0.39, 0.29) is 12.0 Å². The molecule has 1 heterocycles. The van der Waals surface area contributed by atoms with Gasteiger partial charge in [-0.1, -0.05) is 24.3 Å². The lowest BCUT2D eigenvalue weighted by molar-refractivity contribution is -0.141. The predicted molar refractivity (Wildman–Crippen MR) is 74.7 cm³/mol. The number of hydrogen-bond donors (Lipinski definition) is 1. The number of benzene rings is 1. The van der Waals surface area contributed by atoms with Crippen LogP contribution >= 0.6 is 0 Å². The summed E-state index contributed by atoms with van der Waals surface area (Å²) in [4.78, 5) is 15.6. The molecule has 0 aliphatic heterocycles. The molecule has 0 aliphatic rings. The molecule has 0 amide bonds. The minimum Gasteiger partial charge on any atom is -0.469 e. The van der Waals surface area contributed by atoms with Crippen molar-refractivity contribution in [3.63, 3.8) is 0 Å². The van der Waals surface area contributed by atoms with E-state index in [4.69, 9.17) is 0 Å². The molecule has 0 saturated carbocycles. The highest BCUT2D eigenvalue weighted by Gasteiger charge is 2.09. The largest absolute Gasteiger partial charge is 0.469 e. The Balaban J connectivity index is 2.04. The molecular weight excluding hydrogens is 240 g/mol. The number of rotatable bonds is 5. The maximum absolute atomic E-state index is 11.2. The number of methoxy groups -OCH3 is 1. The predicted octanol–water partition coefficient (Wildman–Crippen LogP) is 2.28. The normalized spacial score (nSPS) is 12.3. The number of esters is 1. The number of fused-ring (bicyclic) bond motifs is 1. The maximum atomic E-state index is 11.2. The first-order valence-electron chi connectivity index (χ1n) is 6.33. The number of pyridine rings is 1. The number of ether oxygens (including phenoxy) is 1. The van der Waals surface area contributed by atoms with E-state index in [0.717, 1.165) is 16.5 Å². The zero-order valence-electron chi connectivity index (χ0n) is 11.2. The van der Waals surface area contributed by atoms with Gasteiger partial charge in [0.2, 0.25) is 0 Å². The van der Waals surface area contributed by atoms with Crippen LogP contribution in [-0.4, -0.2) is 24.1 Å². The van der Waals surface area contributed by atoms with E-state index in [2.05, 4.69) is 15.0 Å². The molecule has 1 aromatic carbocycles. The molecule has 4 nitrogen and oxygen atoms in total. The second-order valence-corrected chi connectivity index (χ2v) is 4.55. The molecule has 0 radical (unpaired) electrons. The van der Waals surface area contributed by atoms with E-state index in [1.54, 1.807) is 6.20 Å². The van der Waals surface area contributed by atoms with Crippen LogP contribution in [0.1, 0.15) is 18.9 Å². The van der Waals surface area contributed by atoms with Gasteiger partial charge in [-0.05, 0) is 18.6 Å². The first-order chi connectivity index (χ1) is 9.20. The average Bonchev–Trinajstić information content (AvgIpc) is 2.44. The Kier molecular flexibility index (Phi) is 4.47. The van der Waals surface area contributed by atoms with Crippen molar-refractivity contribution in [2.45, 2.75) is 25.9 Å². The molecular formula is C15H18N2O2. The molecule has 1 aromatic heterocycles. The van der Waals surface area contributed by atoms with Gasteiger partial charge in [0.15, 0.2) is 0 Å². The van der Waals surface area contributed by atoms with Gasteiger partial charge >= 0.3 is 5.97 Å². The van der Waals surface area contributed by atoms with Crippen LogP contribution < -0.4 is 5.32 Å².